The summed E-state index contributed by atoms with van der Waals surface area (Å²) in [4.78, 5) is 4.12. The Balaban J connectivity index is 1.81. The van der Waals surface area contributed by atoms with E-state index in [1.807, 2.05) is 0 Å². The van der Waals surface area contributed by atoms with E-state index in [0.717, 1.165) is 12.1 Å². The molecule has 6 nitrogen and oxygen atoms in total. The molecule has 0 radical (unpaired) electrons. The summed E-state index contributed by atoms with van der Waals surface area (Å²) in [5, 5.41) is 3.15. The number of anilines is 2. The summed E-state index contributed by atoms with van der Waals surface area (Å²) in [6, 6.07) is 18.0. The number of hydrogen-bond donors (Lipinski definition) is 1. The fourth-order valence-electron chi connectivity index (χ4n) is 2.81. The zero-order valence-electron chi connectivity index (χ0n) is 16.2. The number of rotatable bonds is 6. The highest BCUT2D eigenvalue weighted by molar-refractivity contribution is 7.91. The van der Waals surface area contributed by atoms with Gasteiger partial charge in [-0.05, 0) is 72.8 Å². The van der Waals surface area contributed by atoms with Crippen molar-refractivity contribution < 1.29 is 22.0 Å². The maximum Gasteiger partial charge on any atom is 0.238 e. The van der Waals surface area contributed by atoms with E-state index in [9.17, 15) is 12.8 Å². The van der Waals surface area contributed by atoms with Gasteiger partial charge in [0.2, 0.25) is 26.6 Å². The normalized spacial score (nSPS) is 11.3. The Morgan fingerprint density at radius 2 is 1.61 bits per heavy atom. The Morgan fingerprint density at radius 3 is 2.23 bits per heavy atom. The van der Waals surface area contributed by atoms with Gasteiger partial charge in [-0.3, -0.25) is 0 Å². The van der Waals surface area contributed by atoms with E-state index in [1.54, 1.807) is 55.6 Å². The molecule has 4 rings (SSSR count). The van der Waals surface area contributed by atoms with Crippen LogP contribution in [0.2, 0.25) is 5.02 Å². The minimum absolute atomic E-state index is 0.0700. The van der Waals surface area contributed by atoms with Gasteiger partial charge in [0.25, 0.3) is 0 Å². The number of nitrogens with one attached hydrogen (secondary N) is 1. The minimum Gasteiger partial charge on any atom is -0.497 e. The molecular formula is C22H16ClFN2O4S. The Bertz CT molecular complexity index is 1300. The zero-order chi connectivity index (χ0) is 22.0. The largest absolute Gasteiger partial charge is 0.497 e. The maximum absolute atomic E-state index is 13.3. The smallest absolute Gasteiger partial charge is 0.238 e. The lowest BCUT2D eigenvalue weighted by Crippen LogP contribution is -2.05. The summed E-state index contributed by atoms with van der Waals surface area (Å²) in [6.07, 6.45) is 0. The molecule has 0 aliphatic rings. The number of sulfone groups is 1. The molecule has 31 heavy (non-hydrogen) atoms. The van der Waals surface area contributed by atoms with Crippen LogP contribution in [0.5, 0.6) is 5.75 Å². The maximum atomic E-state index is 13.3. The monoisotopic (exact) mass is 458 g/mol. The SMILES string of the molecule is COc1ccc(Nc2oc(-c3ccc(Cl)cc3)nc2S(=O)(=O)c2ccc(F)cc2)cc1. The van der Waals surface area contributed by atoms with Crippen LogP contribution in [-0.4, -0.2) is 20.5 Å². The van der Waals surface area contributed by atoms with E-state index in [2.05, 4.69) is 10.3 Å². The van der Waals surface area contributed by atoms with Gasteiger partial charge in [0.05, 0.1) is 12.0 Å². The number of nitrogens with zero attached hydrogens (tertiary/aromatic N) is 1. The summed E-state index contributed by atoms with van der Waals surface area (Å²) >= 11 is 5.93. The number of oxazole rings is 1. The minimum atomic E-state index is -4.10. The van der Waals surface area contributed by atoms with Crippen LogP contribution < -0.4 is 10.1 Å². The van der Waals surface area contributed by atoms with E-state index in [1.165, 1.54) is 12.1 Å². The van der Waals surface area contributed by atoms with Gasteiger partial charge in [0, 0.05) is 16.3 Å². The third kappa shape index (κ3) is 4.40. The Labute approximate surface area is 183 Å². The number of hydrogen-bond acceptors (Lipinski definition) is 6. The van der Waals surface area contributed by atoms with Crippen LogP contribution in [0.1, 0.15) is 0 Å². The Kier molecular flexibility index (Phi) is 5.67. The quantitative estimate of drug-likeness (QED) is 0.372. The first kappa shape index (κ1) is 20.9. The average molecular weight is 459 g/mol. The molecule has 1 aromatic heterocycles. The first-order chi connectivity index (χ1) is 14.9. The van der Waals surface area contributed by atoms with Crippen molar-refractivity contribution in [2.24, 2.45) is 0 Å². The molecule has 0 bridgehead atoms. The molecule has 0 unspecified atom stereocenters. The first-order valence-corrected chi connectivity index (χ1v) is 10.9. The number of benzene rings is 3. The second kappa shape index (κ2) is 8.41. The number of halogens is 2. The predicted molar refractivity (Wildman–Crippen MR) is 115 cm³/mol. The lowest BCUT2D eigenvalue weighted by molar-refractivity contribution is 0.415. The van der Waals surface area contributed by atoms with Crippen molar-refractivity contribution in [3.05, 3.63) is 83.6 Å². The van der Waals surface area contributed by atoms with Crippen molar-refractivity contribution >= 4 is 33.0 Å². The highest BCUT2D eigenvalue weighted by Crippen LogP contribution is 2.34. The van der Waals surface area contributed by atoms with Crippen LogP contribution in [-0.2, 0) is 9.84 Å². The molecule has 0 aliphatic carbocycles. The fraction of sp³-hybridized carbons (Fsp3) is 0.0455. The Morgan fingerprint density at radius 1 is 0.968 bits per heavy atom. The van der Waals surface area contributed by atoms with Crippen LogP contribution in [0.4, 0.5) is 16.0 Å². The first-order valence-electron chi connectivity index (χ1n) is 9.05. The zero-order valence-corrected chi connectivity index (χ0v) is 17.7. The molecule has 158 valence electrons. The van der Waals surface area contributed by atoms with Crippen molar-refractivity contribution in [2.75, 3.05) is 12.4 Å². The topological polar surface area (TPSA) is 81.4 Å². The van der Waals surface area contributed by atoms with Gasteiger partial charge in [0.1, 0.15) is 11.6 Å². The van der Waals surface area contributed by atoms with Gasteiger partial charge < -0.3 is 14.5 Å². The third-order valence-corrected chi connectivity index (χ3v) is 6.34. The van der Waals surface area contributed by atoms with Crippen molar-refractivity contribution in [1.82, 2.24) is 4.98 Å². The van der Waals surface area contributed by atoms with Crippen LogP contribution in [0.15, 0.2) is 87.1 Å². The summed E-state index contributed by atoms with van der Waals surface area (Å²) in [5.74, 6) is 0.120. The lowest BCUT2D eigenvalue weighted by Gasteiger charge is -2.07. The highest BCUT2D eigenvalue weighted by atomic mass is 35.5. The number of ether oxygens (including phenoxy) is 1. The van der Waals surface area contributed by atoms with Crippen LogP contribution in [0, 0.1) is 5.82 Å². The molecule has 0 spiro atoms. The molecule has 3 aromatic carbocycles. The number of aromatic nitrogens is 1. The van der Waals surface area contributed by atoms with E-state index in [-0.39, 0.29) is 21.7 Å². The van der Waals surface area contributed by atoms with Gasteiger partial charge in [-0.1, -0.05) is 11.6 Å². The van der Waals surface area contributed by atoms with Crippen LogP contribution in [0.25, 0.3) is 11.5 Å². The molecule has 1 N–H and O–H groups in total. The highest BCUT2D eigenvalue weighted by Gasteiger charge is 2.29. The Hall–Kier alpha value is -3.36. The molecule has 0 amide bonds. The molecule has 1 heterocycles. The van der Waals surface area contributed by atoms with Gasteiger partial charge in [-0.15, -0.1) is 0 Å². The van der Waals surface area contributed by atoms with Gasteiger partial charge in [-0.2, -0.15) is 4.98 Å². The third-order valence-electron chi connectivity index (χ3n) is 4.41. The van der Waals surface area contributed by atoms with E-state index in [4.69, 9.17) is 20.8 Å². The van der Waals surface area contributed by atoms with E-state index >= 15 is 0 Å². The summed E-state index contributed by atoms with van der Waals surface area (Å²) < 4.78 is 50.7. The van der Waals surface area contributed by atoms with Crippen LogP contribution >= 0.6 is 11.6 Å². The molecule has 0 fully saturated rings. The van der Waals surface area contributed by atoms with E-state index in [0.29, 0.717) is 22.0 Å². The van der Waals surface area contributed by atoms with Crippen LogP contribution in [0.3, 0.4) is 0 Å². The van der Waals surface area contributed by atoms with Crippen molar-refractivity contribution in [3.8, 4) is 17.2 Å². The van der Waals surface area contributed by atoms with Crippen molar-refractivity contribution in [3.63, 3.8) is 0 Å². The molecule has 0 aliphatic heterocycles. The molecule has 0 saturated heterocycles. The van der Waals surface area contributed by atoms with Crippen molar-refractivity contribution in [2.45, 2.75) is 9.92 Å². The molecule has 4 aromatic rings. The molecule has 0 saturated carbocycles. The second-order valence-electron chi connectivity index (χ2n) is 6.47. The average Bonchev–Trinajstić information content (AvgIpc) is 3.20. The van der Waals surface area contributed by atoms with Crippen molar-refractivity contribution in [1.29, 1.82) is 0 Å². The summed E-state index contributed by atoms with van der Waals surface area (Å²) in [5.41, 5.74) is 1.11. The van der Waals surface area contributed by atoms with Gasteiger partial charge >= 0.3 is 0 Å². The standard InChI is InChI=1S/C22H16ClFN2O4S/c1-29-18-10-8-17(9-11-18)25-21-22(31(27,28)19-12-6-16(24)7-13-19)26-20(30-21)14-2-4-15(23)5-3-14/h2-13,25H,1H3. The predicted octanol–water partition coefficient (Wildman–Crippen LogP) is 5.72. The van der Waals surface area contributed by atoms with Gasteiger partial charge in [-0.25, -0.2) is 12.8 Å². The molecular weight excluding hydrogens is 443 g/mol. The van der Waals surface area contributed by atoms with Gasteiger partial charge in [0.15, 0.2) is 0 Å². The number of methoxy groups -OCH3 is 1. The fourth-order valence-corrected chi connectivity index (χ4v) is 4.20. The molecule has 9 heteroatoms. The molecule has 0 atom stereocenters. The second-order valence-corrected chi connectivity index (χ2v) is 8.77. The summed E-state index contributed by atoms with van der Waals surface area (Å²) in [7, 11) is -2.55. The lowest BCUT2D eigenvalue weighted by atomic mass is 10.2. The summed E-state index contributed by atoms with van der Waals surface area (Å²) in [6.45, 7) is 0. The van der Waals surface area contributed by atoms with E-state index < -0.39 is 15.7 Å².